The third-order valence-corrected chi connectivity index (χ3v) is 2.88. The summed E-state index contributed by atoms with van der Waals surface area (Å²) in [6.07, 6.45) is 0. The van der Waals surface area contributed by atoms with Gasteiger partial charge in [0.1, 0.15) is 0 Å². The Bertz CT molecular complexity index is 552. The number of benzene rings is 2. The zero-order chi connectivity index (χ0) is 14.2. The first-order valence-corrected chi connectivity index (χ1v) is 6.89. The van der Waals surface area contributed by atoms with Gasteiger partial charge in [0, 0.05) is 10.7 Å². The van der Waals surface area contributed by atoms with Gasteiger partial charge in [-0.15, -0.1) is 0 Å². The number of anilines is 1. The minimum absolute atomic E-state index is 0.513. The predicted molar refractivity (Wildman–Crippen MR) is 84.3 cm³/mol. The van der Waals surface area contributed by atoms with Gasteiger partial charge in [-0.05, 0) is 36.8 Å². The molecule has 0 aliphatic carbocycles. The maximum atomic E-state index is 5.86. The average Bonchev–Trinajstić information content (AvgIpc) is 2.48. The van der Waals surface area contributed by atoms with Gasteiger partial charge in [-0.3, -0.25) is 0 Å². The molecule has 0 bridgehead atoms. The second-order valence-corrected chi connectivity index (χ2v) is 4.61. The molecule has 104 valence electrons. The third-order valence-electron chi connectivity index (χ3n) is 2.62. The molecule has 0 fully saturated rings. The Balaban J connectivity index is 2.04. The van der Waals surface area contributed by atoms with Crippen molar-refractivity contribution in [2.75, 3.05) is 11.9 Å². The Labute approximate surface area is 124 Å². The molecule has 4 heteroatoms. The Morgan fingerprint density at radius 3 is 2.45 bits per heavy atom. The highest BCUT2D eigenvalue weighted by Crippen LogP contribution is 2.13. The third kappa shape index (κ3) is 4.59. The van der Waals surface area contributed by atoms with Gasteiger partial charge in [-0.2, -0.15) is 0 Å². The van der Waals surface area contributed by atoms with Gasteiger partial charge in [0.2, 0.25) is 0 Å². The normalized spacial score (nSPS) is 11.2. The Hall–Kier alpha value is -2.00. The molecule has 0 saturated carbocycles. The van der Waals surface area contributed by atoms with Crippen molar-refractivity contribution >= 4 is 23.3 Å². The van der Waals surface area contributed by atoms with Crippen LogP contribution in [0, 0.1) is 0 Å². The van der Waals surface area contributed by atoms with E-state index in [9.17, 15) is 0 Å². The maximum Gasteiger partial charge on any atom is 0.289 e. The van der Waals surface area contributed by atoms with Crippen LogP contribution in [0.25, 0.3) is 0 Å². The highest BCUT2D eigenvalue weighted by molar-refractivity contribution is 6.30. The summed E-state index contributed by atoms with van der Waals surface area (Å²) >= 11 is 5.86. The zero-order valence-corrected chi connectivity index (χ0v) is 12.1. The number of halogens is 1. The summed E-state index contributed by atoms with van der Waals surface area (Å²) in [5.41, 5.74) is 2.04. The van der Waals surface area contributed by atoms with Crippen molar-refractivity contribution in [2.24, 2.45) is 4.99 Å². The van der Waals surface area contributed by atoms with Crippen LogP contribution in [0.1, 0.15) is 12.5 Å². The van der Waals surface area contributed by atoms with Gasteiger partial charge in [0.25, 0.3) is 6.02 Å². The highest BCUT2D eigenvalue weighted by Gasteiger charge is 2.01. The number of rotatable bonds is 4. The molecule has 0 radical (unpaired) electrons. The van der Waals surface area contributed by atoms with Gasteiger partial charge in [0.05, 0.1) is 13.2 Å². The summed E-state index contributed by atoms with van der Waals surface area (Å²) in [4.78, 5) is 4.45. The fourth-order valence-corrected chi connectivity index (χ4v) is 1.79. The molecule has 0 aromatic heterocycles. The molecule has 2 aromatic carbocycles. The van der Waals surface area contributed by atoms with Crippen LogP contribution in [-0.2, 0) is 11.3 Å². The second-order valence-electron chi connectivity index (χ2n) is 4.17. The van der Waals surface area contributed by atoms with E-state index in [0.717, 1.165) is 11.3 Å². The number of aliphatic imine (C=N–C) groups is 1. The number of hydrogen-bond donors (Lipinski definition) is 1. The van der Waals surface area contributed by atoms with Gasteiger partial charge in [-0.25, -0.2) is 4.99 Å². The number of nitrogens with zero attached hydrogens (tertiary/aromatic N) is 1. The first-order chi connectivity index (χ1) is 9.78. The predicted octanol–water partition coefficient (Wildman–Crippen LogP) is 4.34. The van der Waals surface area contributed by atoms with Gasteiger partial charge in [-0.1, -0.05) is 41.9 Å². The van der Waals surface area contributed by atoms with Crippen molar-refractivity contribution in [3.8, 4) is 0 Å². The van der Waals surface area contributed by atoms with Crippen molar-refractivity contribution < 1.29 is 4.74 Å². The molecule has 3 nitrogen and oxygen atoms in total. The largest absolute Gasteiger partial charge is 0.465 e. The van der Waals surface area contributed by atoms with E-state index in [1.165, 1.54) is 0 Å². The van der Waals surface area contributed by atoms with Crippen molar-refractivity contribution in [2.45, 2.75) is 13.5 Å². The molecule has 2 aromatic rings. The summed E-state index contributed by atoms with van der Waals surface area (Å²) in [6, 6.07) is 18.0. The van der Waals surface area contributed by atoms with Crippen LogP contribution in [0.3, 0.4) is 0 Å². The number of amidine groups is 1. The molecule has 0 amide bonds. The molecule has 20 heavy (non-hydrogen) atoms. The number of hydrogen-bond acceptors (Lipinski definition) is 2. The van der Waals surface area contributed by atoms with E-state index in [-0.39, 0.29) is 0 Å². The fourth-order valence-electron chi connectivity index (χ4n) is 1.66. The van der Waals surface area contributed by atoms with Crippen LogP contribution in [0.5, 0.6) is 0 Å². The van der Waals surface area contributed by atoms with Crippen molar-refractivity contribution in [1.82, 2.24) is 0 Å². The second kappa shape index (κ2) is 7.56. The lowest BCUT2D eigenvalue weighted by Crippen LogP contribution is -2.16. The van der Waals surface area contributed by atoms with Crippen molar-refractivity contribution in [1.29, 1.82) is 0 Å². The highest BCUT2D eigenvalue weighted by atomic mass is 35.5. The maximum absolute atomic E-state index is 5.86. The van der Waals surface area contributed by atoms with Gasteiger partial charge < -0.3 is 10.1 Å². The van der Waals surface area contributed by atoms with E-state index in [1.807, 2.05) is 61.5 Å². The van der Waals surface area contributed by atoms with Crippen LogP contribution in [0.15, 0.2) is 59.6 Å². The smallest absolute Gasteiger partial charge is 0.289 e. The van der Waals surface area contributed by atoms with E-state index < -0.39 is 0 Å². The van der Waals surface area contributed by atoms with Gasteiger partial charge in [0.15, 0.2) is 0 Å². The van der Waals surface area contributed by atoms with Crippen LogP contribution in [-0.4, -0.2) is 12.6 Å². The minimum atomic E-state index is 0.513. The Morgan fingerprint density at radius 1 is 1.10 bits per heavy atom. The molecule has 0 spiro atoms. The SMILES string of the molecule is CCOC(=NCc1ccccc1)Nc1ccc(Cl)cc1. The number of nitrogens with one attached hydrogen (secondary N) is 1. The molecule has 0 aliphatic rings. The lowest BCUT2D eigenvalue weighted by atomic mass is 10.2. The van der Waals surface area contributed by atoms with Gasteiger partial charge >= 0.3 is 0 Å². The quantitative estimate of drug-likeness (QED) is 0.670. The monoisotopic (exact) mass is 288 g/mol. The average molecular weight is 289 g/mol. The standard InChI is InChI=1S/C16H17ClN2O/c1-2-20-16(18-12-13-6-4-3-5-7-13)19-15-10-8-14(17)9-11-15/h3-11H,2,12H2,1H3,(H,18,19). The van der Waals surface area contributed by atoms with E-state index >= 15 is 0 Å². The summed E-state index contributed by atoms with van der Waals surface area (Å²) in [5.74, 6) is 0. The molecule has 0 heterocycles. The molecule has 2 rings (SSSR count). The van der Waals surface area contributed by atoms with Crippen molar-refractivity contribution in [3.63, 3.8) is 0 Å². The van der Waals surface area contributed by atoms with Crippen molar-refractivity contribution in [3.05, 3.63) is 65.2 Å². The lowest BCUT2D eigenvalue weighted by Gasteiger charge is -2.10. The Morgan fingerprint density at radius 2 is 1.80 bits per heavy atom. The zero-order valence-electron chi connectivity index (χ0n) is 11.3. The molecular weight excluding hydrogens is 272 g/mol. The number of ether oxygens (including phenoxy) is 1. The molecule has 0 saturated heterocycles. The first kappa shape index (κ1) is 14.4. The first-order valence-electron chi connectivity index (χ1n) is 6.51. The van der Waals surface area contributed by atoms with Crippen LogP contribution in [0.2, 0.25) is 5.02 Å². The summed E-state index contributed by atoms with van der Waals surface area (Å²) in [5, 5.41) is 3.85. The minimum Gasteiger partial charge on any atom is -0.465 e. The molecule has 0 atom stereocenters. The Kier molecular flexibility index (Phi) is 5.44. The molecule has 0 unspecified atom stereocenters. The summed E-state index contributed by atoms with van der Waals surface area (Å²) in [6.45, 7) is 3.08. The lowest BCUT2D eigenvalue weighted by molar-refractivity contribution is 0.324. The van der Waals surface area contributed by atoms with Crippen LogP contribution in [0.4, 0.5) is 5.69 Å². The molecule has 1 N–H and O–H groups in total. The van der Waals surface area contributed by atoms with E-state index in [0.29, 0.717) is 24.2 Å². The summed E-state index contributed by atoms with van der Waals surface area (Å²) in [7, 11) is 0. The van der Waals surface area contributed by atoms with E-state index in [4.69, 9.17) is 16.3 Å². The molecular formula is C16H17ClN2O. The summed E-state index contributed by atoms with van der Waals surface area (Å²) < 4.78 is 5.50. The van der Waals surface area contributed by atoms with Crippen LogP contribution >= 0.6 is 11.6 Å². The van der Waals surface area contributed by atoms with E-state index in [2.05, 4.69) is 10.3 Å². The van der Waals surface area contributed by atoms with E-state index in [1.54, 1.807) is 0 Å². The topological polar surface area (TPSA) is 33.6 Å². The van der Waals surface area contributed by atoms with Crippen LogP contribution < -0.4 is 5.32 Å². The fraction of sp³-hybridized carbons (Fsp3) is 0.188. The molecule has 0 aliphatic heterocycles.